The summed E-state index contributed by atoms with van der Waals surface area (Å²) in [6, 6.07) is 17.5. The van der Waals surface area contributed by atoms with E-state index in [4.69, 9.17) is 4.74 Å². The molecular weight excluding hydrogens is 344 g/mol. The van der Waals surface area contributed by atoms with Gasteiger partial charge in [0, 0.05) is 0 Å². The zero-order valence-electron chi connectivity index (χ0n) is 16.3. The molecule has 144 valence electrons. The molecule has 2 nitrogen and oxygen atoms in total. The standard InChI is InChI=1S/C26H28O2/c1-5-20-28-26(7-3,8-4)24-18-12-14-22(21-24)15-13-19-25(27,6-2)23-16-10-9-11-17-23/h5-14,16-19,21,27H,1-4,15,20H2/b19-13+. The van der Waals surface area contributed by atoms with Gasteiger partial charge in [0.1, 0.15) is 11.2 Å². The highest BCUT2D eigenvalue weighted by molar-refractivity contribution is 5.37. The Morgan fingerprint density at radius 2 is 1.54 bits per heavy atom. The first-order valence-corrected chi connectivity index (χ1v) is 9.24. The monoisotopic (exact) mass is 372 g/mol. The number of ether oxygens (including phenoxy) is 1. The van der Waals surface area contributed by atoms with Crippen LogP contribution in [0.25, 0.3) is 0 Å². The third kappa shape index (κ3) is 4.86. The molecule has 0 heterocycles. The van der Waals surface area contributed by atoms with Crippen LogP contribution in [0.3, 0.4) is 0 Å². The van der Waals surface area contributed by atoms with E-state index in [9.17, 15) is 5.11 Å². The Balaban J connectivity index is 2.23. The van der Waals surface area contributed by atoms with Crippen molar-refractivity contribution < 1.29 is 9.84 Å². The molecule has 2 heteroatoms. The molecule has 1 atom stereocenters. The Morgan fingerprint density at radius 3 is 2.14 bits per heavy atom. The van der Waals surface area contributed by atoms with Crippen LogP contribution in [0.15, 0.2) is 117 Å². The molecule has 0 saturated carbocycles. The highest BCUT2D eigenvalue weighted by Crippen LogP contribution is 2.30. The molecule has 0 aliphatic carbocycles. The SMILES string of the molecule is C=CCOC(C=C)(C=C)c1cccc(C/C=C/C(O)(C=C)c2ccccc2)c1. The predicted molar refractivity (Wildman–Crippen MR) is 118 cm³/mol. The highest BCUT2D eigenvalue weighted by Gasteiger charge is 2.26. The van der Waals surface area contributed by atoms with E-state index in [0.717, 1.165) is 16.7 Å². The minimum absolute atomic E-state index is 0.394. The zero-order chi connectivity index (χ0) is 20.5. The maximum absolute atomic E-state index is 10.9. The molecule has 2 aromatic carbocycles. The van der Waals surface area contributed by atoms with Crippen LogP contribution in [0.4, 0.5) is 0 Å². The van der Waals surface area contributed by atoms with Gasteiger partial charge in [-0.25, -0.2) is 0 Å². The van der Waals surface area contributed by atoms with Gasteiger partial charge < -0.3 is 9.84 Å². The van der Waals surface area contributed by atoms with Crippen molar-refractivity contribution in [2.45, 2.75) is 17.6 Å². The van der Waals surface area contributed by atoms with Crippen LogP contribution in [-0.4, -0.2) is 11.7 Å². The number of rotatable bonds is 11. The van der Waals surface area contributed by atoms with Crippen LogP contribution in [0.5, 0.6) is 0 Å². The van der Waals surface area contributed by atoms with E-state index in [1.165, 1.54) is 0 Å². The van der Waals surface area contributed by atoms with E-state index < -0.39 is 11.2 Å². The Morgan fingerprint density at radius 1 is 0.857 bits per heavy atom. The topological polar surface area (TPSA) is 29.5 Å². The number of benzene rings is 2. The van der Waals surface area contributed by atoms with Crippen molar-refractivity contribution >= 4 is 0 Å². The van der Waals surface area contributed by atoms with Gasteiger partial charge in [0.25, 0.3) is 0 Å². The summed E-state index contributed by atoms with van der Waals surface area (Å²) in [5.74, 6) is 0. The minimum atomic E-state index is -1.20. The smallest absolute Gasteiger partial charge is 0.129 e. The van der Waals surface area contributed by atoms with Crippen molar-refractivity contribution in [2.75, 3.05) is 6.61 Å². The van der Waals surface area contributed by atoms with Gasteiger partial charge in [-0.05, 0) is 29.2 Å². The van der Waals surface area contributed by atoms with E-state index in [-0.39, 0.29) is 0 Å². The molecule has 0 aliphatic rings. The maximum atomic E-state index is 10.9. The second-order valence-electron chi connectivity index (χ2n) is 6.50. The molecule has 0 fully saturated rings. The largest absolute Gasteiger partial charge is 0.377 e. The first kappa shape index (κ1) is 21.4. The molecule has 0 aliphatic heterocycles. The molecule has 1 N–H and O–H groups in total. The van der Waals surface area contributed by atoms with Crippen molar-refractivity contribution in [1.82, 2.24) is 0 Å². The van der Waals surface area contributed by atoms with E-state index in [0.29, 0.717) is 13.0 Å². The summed E-state index contributed by atoms with van der Waals surface area (Å²) in [5.41, 5.74) is 0.860. The molecule has 0 bridgehead atoms. The normalized spacial score (nSPS) is 13.6. The first-order chi connectivity index (χ1) is 13.5. The third-order valence-electron chi connectivity index (χ3n) is 4.70. The molecule has 0 saturated heterocycles. The maximum Gasteiger partial charge on any atom is 0.129 e. The Kier molecular flexibility index (Phi) is 7.51. The summed E-state index contributed by atoms with van der Waals surface area (Å²) in [5, 5.41) is 10.9. The van der Waals surface area contributed by atoms with Crippen LogP contribution >= 0.6 is 0 Å². The third-order valence-corrected chi connectivity index (χ3v) is 4.70. The van der Waals surface area contributed by atoms with Crippen LogP contribution in [0.1, 0.15) is 16.7 Å². The van der Waals surface area contributed by atoms with E-state index in [1.807, 2.05) is 54.6 Å². The van der Waals surface area contributed by atoms with Crippen molar-refractivity contribution in [3.8, 4) is 0 Å². The average Bonchev–Trinajstić information content (AvgIpc) is 2.76. The summed E-state index contributed by atoms with van der Waals surface area (Å²) in [7, 11) is 0. The minimum Gasteiger partial charge on any atom is -0.377 e. The lowest BCUT2D eigenvalue weighted by atomic mass is 9.90. The summed E-state index contributed by atoms with van der Waals surface area (Å²) in [4.78, 5) is 0. The Labute approximate surface area is 168 Å². The average molecular weight is 373 g/mol. The second kappa shape index (κ2) is 9.84. The lowest BCUT2D eigenvalue weighted by Gasteiger charge is -2.27. The molecule has 2 aromatic rings. The second-order valence-corrected chi connectivity index (χ2v) is 6.50. The Bertz CT molecular complexity index is 840. The van der Waals surface area contributed by atoms with Crippen molar-refractivity contribution in [3.63, 3.8) is 0 Å². The van der Waals surface area contributed by atoms with E-state index in [2.05, 4.69) is 32.4 Å². The fourth-order valence-electron chi connectivity index (χ4n) is 3.02. The van der Waals surface area contributed by atoms with Crippen LogP contribution < -0.4 is 0 Å². The fourth-order valence-corrected chi connectivity index (χ4v) is 3.02. The zero-order valence-corrected chi connectivity index (χ0v) is 16.3. The number of aliphatic hydroxyl groups is 1. The number of hydrogen-bond acceptors (Lipinski definition) is 2. The van der Waals surface area contributed by atoms with Crippen molar-refractivity contribution in [1.29, 1.82) is 0 Å². The van der Waals surface area contributed by atoms with Crippen LogP contribution in [0, 0.1) is 0 Å². The van der Waals surface area contributed by atoms with Gasteiger partial charge in [-0.3, -0.25) is 0 Å². The van der Waals surface area contributed by atoms with Gasteiger partial charge in [0.05, 0.1) is 6.61 Å². The molecule has 0 radical (unpaired) electrons. The van der Waals surface area contributed by atoms with Gasteiger partial charge in [-0.1, -0.05) is 105 Å². The molecule has 2 rings (SSSR count). The van der Waals surface area contributed by atoms with Crippen molar-refractivity contribution in [2.24, 2.45) is 0 Å². The van der Waals surface area contributed by atoms with Crippen molar-refractivity contribution in [3.05, 3.63) is 134 Å². The van der Waals surface area contributed by atoms with Gasteiger partial charge in [0.2, 0.25) is 0 Å². The lowest BCUT2D eigenvalue weighted by Crippen LogP contribution is -2.24. The Hall–Kier alpha value is -2.94. The van der Waals surface area contributed by atoms with E-state index >= 15 is 0 Å². The molecule has 0 aromatic heterocycles. The van der Waals surface area contributed by atoms with Gasteiger partial charge in [0.15, 0.2) is 0 Å². The summed E-state index contributed by atoms with van der Waals surface area (Å²) < 4.78 is 5.93. The summed E-state index contributed by atoms with van der Waals surface area (Å²) in [6.07, 6.45) is 11.1. The summed E-state index contributed by atoms with van der Waals surface area (Å²) in [6.45, 7) is 15.7. The van der Waals surface area contributed by atoms with Crippen LogP contribution in [-0.2, 0) is 22.4 Å². The van der Waals surface area contributed by atoms with Gasteiger partial charge >= 0.3 is 0 Å². The summed E-state index contributed by atoms with van der Waals surface area (Å²) >= 11 is 0. The molecule has 28 heavy (non-hydrogen) atoms. The van der Waals surface area contributed by atoms with Gasteiger partial charge in [-0.15, -0.1) is 6.58 Å². The number of hydrogen-bond donors (Lipinski definition) is 1. The lowest BCUT2D eigenvalue weighted by molar-refractivity contribution is 0.0454. The molecular formula is C26H28O2. The quantitative estimate of drug-likeness (QED) is 0.518. The molecule has 1 unspecified atom stereocenters. The van der Waals surface area contributed by atoms with Gasteiger partial charge in [-0.2, -0.15) is 0 Å². The molecule has 0 amide bonds. The van der Waals surface area contributed by atoms with E-state index in [1.54, 1.807) is 30.4 Å². The predicted octanol–water partition coefficient (Wildman–Crippen LogP) is 5.63. The highest BCUT2D eigenvalue weighted by atomic mass is 16.5. The van der Waals surface area contributed by atoms with Crippen LogP contribution in [0.2, 0.25) is 0 Å². The molecule has 0 spiro atoms. The number of allylic oxidation sites excluding steroid dienone is 1. The fraction of sp³-hybridized carbons (Fsp3) is 0.154. The first-order valence-electron chi connectivity index (χ1n) is 9.24.